The van der Waals surface area contributed by atoms with Crippen LogP contribution in [0.15, 0.2) is 16.6 Å². The largest absolute Gasteiger partial charge is 0.483 e. The minimum absolute atomic E-state index is 0.263. The molecule has 108 valence electrons. The monoisotopic (exact) mass is 339 g/mol. The van der Waals surface area contributed by atoms with Crippen LogP contribution in [0.1, 0.15) is 32.3 Å². The lowest BCUT2D eigenvalue weighted by molar-refractivity contribution is 0.128. The van der Waals surface area contributed by atoms with Crippen LogP contribution in [0.25, 0.3) is 0 Å². The quantitative estimate of drug-likeness (QED) is 0.781. The lowest BCUT2D eigenvalue weighted by atomic mass is 10.0. The molecular weight excluding hydrogens is 322 g/mol. The van der Waals surface area contributed by atoms with Gasteiger partial charge in [0.25, 0.3) is 0 Å². The first-order valence-corrected chi connectivity index (χ1v) is 7.73. The zero-order valence-corrected chi connectivity index (χ0v) is 13.3. The fourth-order valence-electron chi connectivity index (χ4n) is 2.74. The molecule has 0 aliphatic carbocycles. The summed E-state index contributed by atoms with van der Waals surface area (Å²) in [6.07, 6.45) is 2.63. The zero-order chi connectivity index (χ0) is 14.3. The van der Waals surface area contributed by atoms with Crippen molar-refractivity contribution in [3.05, 3.63) is 22.2 Å². The van der Waals surface area contributed by atoms with E-state index in [-0.39, 0.29) is 11.7 Å². The Labute approximate surface area is 127 Å². The first kappa shape index (κ1) is 13.7. The van der Waals surface area contributed by atoms with Crippen LogP contribution in [0, 0.1) is 0 Å². The van der Waals surface area contributed by atoms with Crippen LogP contribution in [0.3, 0.4) is 0 Å². The molecule has 0 atom stereocenters. The van der Waals surface area contributed by atoms with Crippen molar-refractivity contribution >= 4 is 22.0 Å². The number of rotatable bonds is 1. The van der Waals surface area contributed by atoms with Gasteiger partial charge in [0.1, 0.15) is 5.60 Å². The molecule has 0 bridgehead atoms. The number of hydrogen-bond donors (Lipinski definition) is 0. The number of likely N-dealkylation sites (tertiary alicyclic amines) is 1. The Hall–Kier alpha value is -1.23. The highest BCUT2D eigenvalue weighted by atomic mass is 79.9. The van der Waals surface area contributed by atoms with E-state index in [0.717, 1.165) is 42.4 Å². The van der Waals surface area contributed by atoms with Crippen LogP contribution in [-0.4, -0.2) is 29.7 Å². The summed E-state index contributed by atoms with van der Waals surface area (Å²) in [5, 5.41) is 0. The van der Waals surface area contributed by atoms with E-state index in [1.807, 2.05) is 19.9 Å². The molecule has 1 aromatic rings. The van der Waals surface area contributed by atoms with E-state index in [9.17, 15) is 4.79 Å². The number of fused-ring (bicyclic) bond motifs is 1. The molecule has 2 aliphatic rings. The summed E-state index contributed by atoms with van der Waals surface area (Å²) in [5.41, 5.74) is 0.808. The molecular formula is C15H18BrNO3. The van der Waals surface area contributed by atoms with Crippen molar-refractivity contribution in [3.63, 3.8) is 0 Å². The highest BCUT2D eigenvalue weighted by Crippen LogP contribution is 2.45. The number of carbonyl (C=O) groups is 1. The van der Waals surface area contributed by atoms with Crippen molar-refractivity contribution in [2.45, 2.75) is 38.7 Å². The lowest BCUT2D eigenvalue weighted by Gasteiger charge is -2.19. The Morgan fingerprint density at radius 1 is 1.35 bits per heavy atom. The molecule has 0 aromatic heterocycles. The minimum atomic E-state index is -0.277. The maximum Gasteiger partial charge on any atom is 0.415 e. The molecule has 3 rings (SSSR count). The third kappa shape index (κ3) is 2.51. The van der Waals surface area contributed by atoms with Gasteiger partial charge < -0.3 is 14.4 Å². The van der Waals surface area contributed by atoms with Gasteiger partial charge in [0, 0.05) is 29.5 Å². The van der Waals surface area contributed by atoms with Crippen molar-refractivity contribution in [1.29, 1.82) is 0 Å². The number of ether oxygens (including phenoxy) is 2. The predicted molar refractivity (Wildman–Crippen MR) is 79.4 cm³/mol. The molecule has 5 heteroatoms. The smallest absolute Gasteiger partial charge is 0.415 e. The predicted octanol–water partition coefficient (Wildman–Crippen LogP) is 3.76. The second kappa shape index (κ2) is 4.95. The molecule has 1 aromatic carbocycles. The first-order chi connectivity index (χ1) is 9.46. The fourth-order valence-corrected chi connectivity index (χ4v) is 3.19. The van der Waals surface area contributed by atoms with Crippen molar-refractivity contribution in [3.8, 4) is 11.5 Å². The van der Waals surface area contributed by atoms with Gasteiger partial charge in [-0.25, -0.2) is 4.79 Å². The highest BCUT2D eigenvalue weighted by molar-refractivity contribution is 9.10. The van der Waals surface area contributed by atoms with Gasteiger partial charge in [-0.05, 0) is 38.8 Å². The van der Waals surface area contributed by atoms with Crippen LogP contribution in [-0.2, 0) is 6.42 Å². The van der Waals surface area contributed by atoms with Crippen LogP contribution in [0.5, 0.6) is 11.5 Å². The van der Waals surface area contributed by atoms with Crippen molar-refractivity contribution in [2.75, 3.05) is 13.1 Å². The molecule has 2 heterocycles. The van der Waals surface area contributed by atoms with Gasteiger partial charge in [-0.2, -0.15) is 0 Å². The van der Waals surface area contributed by atoms with E-state index in [0.29, 0.717) is 11.5 Å². The average Bonchev–Trinajstić information content (AvgIpc) is 2.99. The normalized spacial score (nSPS) is 19.6. The molecule has 0 N–H and O–H groups in total. The summed E-state index contributed by atoms with van der Waals surface area (Å²) in [5.74, 6) is 1.21. The Balaban J connectivity index is 1.85. The Morgan fingerprint density at radius 2 is 2.05 bits per heavy atom. The molecule has 1 saturated heterocycles. The molecule has 0 spiro atoms. The van der Waals surface area contributed by atoms with Gasteiger partial charge in [-0.3, -0.25) is 0 Å². The topological polar surface area (TPSA) is 38.8 Å². The zero-order valence-electron chi connectivity index (χ0n) is 11.7. The number of nitrogens with zero attached hydrogens (tertiary/aromatic N) is 1. The highest BCUT2D eigenvalue weighted by Gasteiger charge is 2.35. The number of benzene rings is 1. The molecule has 1 fully saturated rings. The SMILES string of the molecule is CC1(C)Cc2c(Br)ccc(OC(=O)N3CCCC3)c2O1. The summed E-state index contributed by atoms with van der Waals surface area (Å²) < 4.78 is 12.5. The standard InChI is InChI=1S/C15H18BrNO3/c1-15(2)9-10-11(16)5-6-12(13(10)20-15)19-14(18)17-7-3-4-8-17/h5-6H,3-4,7-9H2,1-2H3. The third-order valence-corrected chi connectivity index (χ3v) is 4.45. The van der Waals surface area contributed by atoms with Gasteiger partial charge in [0.05, 0.1) is 0 Å². The van der Waals surface area contributed by atoms with Crippen LogP contribution < -0.4 is 9.47 Å². The maximum atomic E-state index is 12.1. The molecule has 20 heavy (non-hydrogen) atoms. The van der Waals surface area contributed by atoms with E-state index < -0.39 is 0 Å². The van der Waals surface area contributed by atoms with Gasteiger partial charge in [-0.15, -0.1) is 0 Å². The number of amides is 1. The van der Waals surface area contributed by atoms with E-state index in [2.05, 4.69) is 15.9 Å². The molecule has 4 nitrogen and oxygen atoms in total. The molecule has 0 saturated carbocycles. The van der Waals surface area contributed by atoms with E-state index in [1.54, 1.807) is 11.0 Å². The Morgan fingerprint density at radius 3 is 2.75 bits per heavy atom. The summed E-state index contributed by atoms with van der Waals surface area (Å²) in [6, 6.07) is 3.70. The average molecular weight is 340 g/mol. The lowest BCUT2D eigenvalue weighted by Crippen LogP contribution is -2.30. The van der Waals surface area contributed by atoms with Crippen molar-refractivity contribution < 1.29 is 14.3 Å². The molecule has 0 unspecified atom stereocenters. The maximum absolute atomic E-state index is 12.1. The summed E-state index contributed by atoms with van der Waals surface area (Å²) in [6.45, 7) is 5.63. The van der Waals surface area contributed by atoms with Gasteiger partial charge >= 0.3 is 6.09 Å². The van der Waals surface area contributed by atoms with Crippen LogP contribution in [0.2, 0.25) is 0 Å². The Kier molecular flexibility index (Phi) is 3.40. The minimum Gasteiger partial charge on any atom is -0.483 e. The van der Waals surface area contributed by atoms with Crippen molar-refractivity contribution in [2.24, 2.45) is 0 Å². The second-order valence-corrected chi connectivity index (χ2v) is 6.81. The van der Waals surface area contributed by atoms with Gasteiger partial charge in [0.2, 0.25) is 0 Å². The Bertz CT molecular complexity index is 550. The summed E-state index contributed by atoms with van der Waals surface area (Å²) in [7, 11) is 0. The fraction of sp³-hybridized carbons (Fsp3) is 0.533. The van der Waals surface area contributed by atoms with Gasteiger partial charge in [-0.1, -0.05) is 15.9 Å². The van der Waals surface area contributed by atoms with E-state index in [1.165, 1.54) is 0 Å². The van der Waals surface area contributed by atoms with Gasteiger partial charge in [0.15, 0.2) is 11.5 Å². The number of halogens is 1. The third-order valence-electron chi connectivity index (χ3n) is 3.71. The van der Waals surface area contributed by atoms with Crippen LogP contribution in [0.4, 0.5) is 4.79 Å². The van der Waals surface area contributed by atoms with Crippen molar-refractivity contribution in [1.82, 2.24) is 4.90 Å². The molecule has 1 amide bonds. The number of carbonyl (C=O) groups excluding carboxylic acids is 1. The van der Waals surface area contributed by atoms with E-state index >= 15 is 0 Å². The number of hydrogen-bond acceptors (Lipinski definition) is 3. The summed E-state index contributed by atoms with van der Waals surface area (Å²) >= 11 is 3.53. The first-order valence-electron chi connectivity index (χ1n) is 6.93. The van der Waals surface area contributed by atoms with Crippen LogP contribution >= 0.6 is 15.9 Å². The second-order valence-electron chi connectivity index (χ2n) is 5.95. The van der Waals surface area contributed by atoms with E-state index in [4.69, 9.17) is 9.47 Å². The molecule has 2 aliphatic heterocycles. The molecule has 0 radical (unpaired) electrons. The summed E-state index contributed by atoms with van der Waals surface area (Å²) in [4.78, 5) is 13.8.